The van der Waals surface area contributed by atoms with E-state index in [-0.39, 0.29) is 0 Å². The monoisotopic (exact) mass is 390 g/mol. The number of imidazole rings is 1. The first kappa shape index (κ1) is 17.7. The maximum atomic E-state index is 9.39. The largest absolute Gasteiger partial charge is 0.342 e. The molecule has 2 N–H and O–H groups in total. The van der Waals surface area contributed by atoms with E-state index < -0.39 is 0 Å². The second-order valence-electron chi connectivity index (χ2n) is 6.97. The molecule has 5 rings (SSSR count). The zero-order valence-corrected chi connectivity index (χ0v) is 16.1. The minimum atomic E-state index is 0.596. The van der Waals surface area contributed by atoms with Crippen LogP contribution in [0.3, 0.4) is 0 Å². The van der Waals surface area contributed by atoms with E-state index in [1.807, 2.05) is 60.7 Å². The summed E-state index contributed by atoms with van der Waals surface area (Å²) >= 11 is 0. The highest BCUT2D eigenvalue weighted by Gasteiger charge is 2.09. The van der Waals surface area contributed by atoms with Crippen LogP contribution in [0.25, 0.3) is 21.9 Å². The Balaban J connectivity index is 1.44. The van der Waals surface area contributed by atoms with Crippen LogP contribution in [0.2, 0.25) is 0 Å². The van der Waals surface area contributed by atoms with Crippen molar-refractivity contribution in [2.45, 2.75) is 6.54 Å². The lowest BCUT2D eigenvalue weighted by Crippen LogP contribution is -2.00. The smallest absolute Gasteiger partial charge is 0.222 e. The summed E-state index contributed by atoms with van der Waals surface area (Å²) in [4.78, 5) is 7.67. The SMILES string of the molecule is N#Cc1ccccc1Cn1cc(/C=N/Nc2nc3ccccc3[nH]2)c2ccccc21. The van der Waals surface area contributed by atoms with Crippen LogP contribution in [0.5, 0.6) is 0 Å². The summed E-state index contributed by atoms with van der Waals surface area (Å²) in [7, 11) is 0. The Kier molecular flexibility index (Phi) is 4.47. The summed E-state index contributed by atoms with van der Waals surface area (Å²) < 4.78 is 2.15. The van der Waals surface area contributed by atoms with Gasteiger partial charge in [0, 0.05) is 29.2 Å². The van der Waals surface area contributed by atoms with E-state index in [0.29, 0.717) is 18.1 Å². The molecule has 6 nitrogen and oxygen atoms in total. The number of aromatic amines is 1. The molecule has 0 spiro atoms. The van der Waals surface area contributed by atoms with Crippen molar-refractivity contribution in [1.29, 1.82) is 5.26 Å². The van der Waals surface area contributed by atoms with Gasteiger partial charge in [0.25, 0.3) is 0 Å². The van der Waals surface area contributed by atoms with E-state index in [2.05, 4.69) is 49.5 Å². The fourth-order valence-electron chi connectivity index (χ4n) is 3.63. The van der Waals surface area contributed by atoms with Gasteiger partial charge in [-0.15, -0.1) is 0 Å². The van der Waals surface area contributed by atoms with Gasteiger partial charge in [0.2, 0.25) is 5.95 Å². The van der Waals surface area contributed by atoms with Crippen LogP contribution in [0.4, 0.5) is 5.95 Å². The van der Waals surface area contributed by atoms with E-state index in [1.54, 1.807) is 6.21 Å². The summed E-state index contributed by atoms with van der Waals surface area (Å²) in [5.74, 6) is 0.596. The normalized spacial score (nSPS) is 11.3. The molecule has 2 aromatic heterocycles. The van der Waals surface area contributed by atoms with Crippen molar-refractivity contribution in [3.8, 4) is 6.07 Å². The number of nitrogens with one attached hydrogen (secondary N) is 2. The molecule has 0 amide bonds. The van der Waals surface area contributed by atoms with E-state index in [1.165, 1.54) is 0 Å². The van der Waals surface area contributed by atoms with Crippen molar-refractivity contribution >= 4 is 34.1 Å². The van der Waals surface area contributed by atoms with Crippen molar-refractivity contribution in [3.63, 3.8) is 0 Å². The molecule has 0 aliphatic rings. The Morgan fingerprint density at radius 3 is 2.73 bits per heavy atom. The zero-order chi connectivity index (χ0) is 20.3. The molecule has 0 bridgehead atoms. The Morgan fingerprint density at radius 2 is 1.83 bits per heavy atom. The van der Waals surface area contributed by atoms with Crippen LogP contribution in [-0.4, -0.2) is 20.7 Å². The lowest BCUT2D eigenvalue weighted by Gasteiger charge is -2.07. The Hall–Kier alpha value is -4.37. The van der Waals surface area contributed by atoms with Gasteiger partial charge in [-0.25, -0.2) is 10.4 Å². The number of aromatic nitrogens is 3. The number of hydrogen-bond acceptors (Lipinski definition) is 4. The molecule has 144 valence electrons. The third-order valence-electron chi connectivity index (χ3n) is 5.06. The maximum absolute atomic E-state index is 9.39. The molecular formula is C24H18N6. The van der Waals surface area contributed by atoms with Gasteiger partial charge >= 0.3 is 0 Å². The highest BCUT2D eigenvalue weighted by Crippen LogP contribution is 2.22. The second kappa shape index (κ2) is 7.57. The van der Waals surface area contributed by atoms with Gasteiger partial charge in [0.1, 0.15) is 0 Å². The van der Waals surface area contributed by atoms with Crippen molar-refractivity contribution in [2.75, 3.05) is 5.43 Å². The first-order valence-corrected chi connectivity index (χ1v) is 9.61. The van der Waals surface area contributed by atoms with Gasteiger partial charge < -0.3 is 9.55 Å². The molecule has 0 fully saturated rings. The molecular weight excluding hydrogens is 372 g/mol. The number of nitrogens with zero attached hydrogens (tertiary/aromatic N) is 4. The van der Waals surface area contributed by atoms with Gasteiger partial charge in [-0.2, -0.15) is 10.4 Å². The standard InChI is InChI=1S/C24H18N6/c25-13-17-7-1-2-8-18(17)15-30-16-19(20-9-3-6-12-23(20)30)14-26-29-24-27-21-10-4-5-11-22(21)28-24/h1-12,14,16H,15H2,(H2,27,28,29)/b26-14+. The Morgan fingerprint density at radius 1 is 1.03 bits per heavy atom. The molecule has 0 aliphatic carbocycles. The predicted molar refractivity (Wildman–Crippen MR) is 120 cm³/mol. The fourth-order valence-corrected chi connectivity index (χ4v) is 3.63. The Bertz CT molecular complexity index is 1380. The van der Waals surface area contributed by atoms with Crippen molar-refractivity contribution in [3.05, 3.63) is 95.7 Å². The maximum Gasteiger partial charge on any atom is 0.222 e. The van der Waals surface area contributed by atoms with Crippen LogP contribution in [-0.2, 0) is 6.54 Å². The number of benzene rings is 3. The average molecular weight is 390 g/mol. The lowest BCUT2D eigenvalue weighted by atomic mass is 10.1. The van der Waals surface area contributed by atoms with Gasteiger partial charge in [0.05, 0.1) is 28.9 Å². The summed E-state index contributed by atoms with van der Waals surface area (Å²) in [5.41, 5.74) is 8.59. The van der Waals surface area contributed by atoms with E-state index in [0.717, 1.165) is 33.1 Å². The lowest BCUT2D eigenvalue weighted by molar-refractivity contribution is 0.834. The van der Waals surface area contributed by atoms with Gasteiger partial charge in [-0.1, -0.05) is 48.5 Å². The van der Waals surface area contributed by atoms with Gasteiger partial charge in [-0.3, -0.25) is 0 Å². The second-order valence-corrected chi connectivity index (χ2v) is 6.97. The number of rotatable bonds is 5. The summed E-state index contributed by atoms with van der Waals surface area (Å²) in [6.45, 7) is 0.620. The van der Waals surface area contributed by atoms with Crippen LogP contribution < -0.4 is 5.43 Å². The molecule has 3 aromatic carbocycles. The van der Waals surface area contributed by atoms with Crippen LogP contribution in [0.1, 0.15) is 16.7 Å². The topological polar surface area (TPSA) is 81.8 Å². The van der Waals surface area contributed by atoms with Crippen molar-refractivity contribution in [1.82, 2.24) is 14.5 Å². The quantitative estimate of drug-likeness (QED) is 0.331. The average Bonchev–Trinajstić information content (AvgIpc) is 3.36. The third kappa shape index (κ3) is 3.29. The molecule has 0 aliphatic heterocycles. The number of anilines is 1. The predicted octanol–water partition coefficient (Wildman–Crippen LogP) is 4.88. The highest BCUT2D eigenvalue weighted by molar-refractivity contribution is 5.99. The third-order valence-corrected chi connectivity index (χ3v) is 5.06. The van der Waals surface area contributed by atoms with Gasteiger partial charge in [0.15, 0.2) is 0 Å². The molecule has 5 aromatic rings. The molecule has 2 heterocycles. The molecule has 30 heavy (non-hydrogen) atoms. The molecule has 0 radical (unpaired) electrons. The first-order chi connectivity index (χ1) is 14.8. The number of nitriles is 1. The summed E-state index contributed by atoms with van der Waals surface area (Å²) in [6, 6.07) is 26.0. The highest BCUT2D eigenvalue weighted by atomic mass is 15.3. The molecule has 0 atom stereocenters. The molecule has 0 unspecified atom stereocenters. The number of fused-ring (bicyclic) bond motifs is 2. The van der Waals surface area contributed by atoms with E-state index in [4.69, 9.17) is 0 Å². The van der Waals surface area contributed by atoms with Crippen molar-refractivity contribution in [2.24, 2.45) is 5.10 Å². The fraction of sp³-hybridized carbons (Fsp3) is 0.0417. The van der Waals surface area contributed by atoms with Crippen LogP contribution in [0.15, 0.2) is 84.1 Å². The van der Waals surface area contributed by atoms with E-state index >= 15 is 0 Å². The first-order valence-electron chi connectivity index (χ1n) is 9.61. The summed E-state index contributed by atoms with van der Waals surface area (Å²) in [6.07, 6.45) is 3.85. The van der Waals surface area contributed by atoms with E-state index in [9.17, 15) is 5.26 Å². The minimum Gasteiger partial charge on any atom is -0.342 e. The minimum absolute atomic E-state index is 0.596. The number of para-hydroxylation sites is 3. The van der Waals surface area contributed by atoms with Crippen LogP contribution >= 0.6 is 0 Å². The molecule has 6 heteroatoms. The van der Waals surface area contributed by atoms with Crippen LogP contribution in [0, 0.1) is 11.3 Å². The number of H-pyrrole nitrogens is 1. The van der Waals surface area contributed by atoms with Crippen molar-refractivity contribution < 1.29 is 0 Å². The molecule has 0 saturated carbocycles. The zero-order valence-electron chi connectivity index (χ0n) is 16.1. The summed E-state index contributed by atoms with van der Waals surface area (Å²) in [5, 5.41) is 14.9. The number of hydrazone groups is 1. The van der Waals surface area contributed by atoms with Gasteiger partial charge in [-0.05, 0) is 29.8 Å². The molecule has 0 saturated heterocycles. The number of hydrogen-bond donors (Lipinski definition) is 2. The Labute approximate surface area is 173 Å².